The molecule has 608 valence electrons. The molecule has 0 saturated carbocycles. The Morgan fingerprint density at radius 3 is 1.04 bits per heavy atom. The second kappa shape index (κ2) is 36.9. The number of carbonyl (C=O) groups is 2. The number of ether oxygens (including phenoxy) is 12. The van der Waals surface area contributed by atoms with Gasteiger partial charge in [0.2, 0.25) is 0 Å². The number of hydrogen-bond acceptors (Lipinski definition) is 30. The van der Waals surface area contributed by atoms with Gasteiger partial charge in [-0.25, -0.2) is 0 Å². The summed E-state index contributed by atoms with van der Waals surface area (Å²) in [7, 11) is 10.4. The summed E-state index contributed by atoms with van der Waals surface area (Å²) < 4.78 is 74.4. The Morgan fingerprint density at radius 1 is 0.462 bits per heavy atom. The molecule has 0 aliphatic carbocycles. The van der Waals surface area contributed by atoms with Crippen LogP contribution in [0, 0.1) is 47.3 Å². The first-order valence-corrected chi connectivity index (χ1v) is 37.4. The Balaban J connectivity index is 0.000000374. The minimum Gasteiger partial charge on any atom is -0.459 e. The van der Waals surface area contributed by atoms with Crippen LogP contribution in [0.25, 0.3) is 0 Å². The zero-order chi connectivity index (χ0) is 79.3. The first kappa shape index (κ1) is 91.6. The highest BCUT2D eigenvalue weighted by atomic mass is 16.7. The number of cyclic esters (lactones) is 2. The van der Waals surface area contributed by atoms with E-state index in [-0.39, 0.29) is 74.2 Å². The van der Waals surface area contributed by atoms with Gasteiger partial charge < -0.3 is 128 Å². The fraction of sp³-hybridized carbons (Fsp3) is 0.946. The lowest BCUT2D eigenvalue weighted by Crippen LogP contribution is -2.61. The second-order valence-corrected chi connectivity index (χ2v) is 33.2. The molecule has 6 heterocycles. The summed E-state index contributed by atoms with van der Waals surface area (Å²) in [6.07, 6.45) is -19.0. The average Bonchev–Trinajstić information content (AvgIpc) is 0.702. The monoisotopic (exact) mass is 1500 g/mol. The molecule has 0 spiro atoms. The van der Waals surface area contributed by atoms with Gasteiger partial charge in [-0.2, -0.15) is 0 Å². The number of aliphatic hydroxyl groups excluding tert-OH is 6. The van der Waals surface area contributed by atoms with E-state index >= 15 is 0 Å². The van der Waals surface area contributed by atoms with Crippen molar-refractivity contribution in [3.8, 4) is 0 Å². The van der Waals surface area contributed by atoms with Gasteiger partial charge in [0.25, 0.3) is 0 Å². The van der Waals surface area contributed by atoms with Gasteiger partial charge in [-0.05, 0) is 150 Å². The van der Waals surface area contributed by atoms with Crippen LogP contribution in [0.15, 0.2) is 10.3 Å². The molecule has 12 N–H and O–H groups in total. The summed E-state index contributed by atoms with van der Waals surface area (Å²) in [5, 5.41) is 144. The van der Waals surface area contributed by atoms with Gasteiger partial charge >= 0.3 is 11.9 Å². The predicted octanol–water partition coefficient (Wildman–Crippen LogP) is 4.09. The fourth-order valence-corrected chi connectivity index (χ4v) is 17.2. The van der Waals surface area contributed by atoms with E-state index in [9.17, 15) is 71.1 Å². The Labute approximate surface area is 617 Å². The van der Waals surface area contributed by atoms with E-state index in [1.54, 1.807) is 111 Å². The van der Waals surface area contributed by atoms with E-state index < -0.39 is 204 Å². The van der Waals surface area contributed by atoms with Crippen molar-refractivity contribution in [3.63, 3.8) is 0 Å². The molecule has 0 radical (unpaired) electrons. The first-order valence-electron chi connectivity index (χ1n) is 37.4. The van der Waals surface area contributed by atoms with Crippen LogP contribution in [-0.2, 0) is 66.4 Å². The molecule has 0 bridgehead atoms. The largest absolute Gasteiger partial charge is 0.459 e. The third-order valence-electron chi connectivity index (χ3n) is 23.9. The summed E-state index contributed by atoms with van der Waals surface area (Å²) in [6, 6.07) is -0.645. The van der Waals surface area contributed by atoms with E-state index in [0.29, 0.717) is 12.8 Å². The quantitative estimate of drug-likeness (QED) is 0.0662. The molecule has 0 aromatic heterocycles. The summed E-state index contributed by atoms with van der Waals surface area (Å²) in [6.45, 7) is 33.2. The van der Waals surface area contributed by atoms with Crippen molar-refractivity contribution in [2.75, 3.05) is 42.4 Å². The Bertz CT molecular complexity index is 2580. The Kier molecular flexibility index (Phi) is 32.5. The number of carbonyl (C=O) groups excluding carboxylic acids is 2. The third-order valence-corrected chi connectivity index (χ3v) is 23.9. The van der Waals surface area contributed by atoms with Crippen LogP contribution in [0.4, 0.5) is 0 Å². The number of likely N-dealkylation sites (N-methyl/N-ethyl adjacent to an activating group) is 2. The smallest absolute Gasteiger partial charge is 0.311 e. The highest BCUT2D eigenvalue weighted by Crippen LogP contribution is 2.45. The molecule has 6 aliphatic rings. The predicted molar refractivity (Wildman–Crippen MR) is 381 cm³/mol. The van der Waals surface area contributed by atoms with Crippen molar-refractivity contribution >= 4 is 23.4 Å². The lowest BCUT2D eigenvalue weighted by atomic mass is 9.73. The van der Waals surface area contributed by atoms with E-state index in [2.05, 4.69) is 10.3 Å². The number of aliphatic hydroxyl groups is 10. The molecule has 6 fully saturated rings. The van der Waals surface area contributed by atoms with Crippen molar-refractivity contribution in [2.45, 2.75) is 358 Å². The molecule has 6 rings (SSSR count). The number of esters is 2. The second-order valence-electron chi connectivity index (χ2n) is 33.2. The van der Waals surface area contributed by atoms with Crippen LogP contribution >= 0.6 is 0 Å². The molecule has 0 amide bonds. The van der Waals surface area contributed by atoms with Crippen LogP contribution in [0.2, 0.25) is 0 Å². The standard InChI is InChI=1S/2C37H68N2O13/c2*1-14-25-37(10,45)30(41)20(4)27(38-46)18(2)16-35(8,44)32(52-34-28(40)24(39(11)12)15-19(3)48-34)21(5)29(22(6)33(43)50-25)51-26-17-36(9,47-13)31(42)23(7)49-26/h2*18-26,28-32,34,40-42,44-46H,14-17H2,1-13H3/b38-27+;38-27-/t2*18-,19-,20+,21+,22-,23+,24+,25-,26+,28-,29+,30-,31+,32-,34+,35+,36-,37-/m11/s1. The molecule has 104 heavy (non-hydrogen) atoms. The zero-order valence-electron chi connectivity index (χ0n) is 66.8. The molecular formula is C74H136N4O26. The fourth-order valence-electron chi connectivity index (χ4n) is 17.2. The lowest BCUT2D eigenvalue weighted by molar-refractivity contribution is -0.318. The number of nitrogens with zero attached hydrogens (tertiary/aromatic N) is 4. The third kappa shape index (κ3) is 20.6. The van der Waals surface area contributed by atoms with Crippen LogP contribution in [0.1, 0.15) is 190 Å². The van der Waals surface area contributed by atoms with Crippen molar-refractivity contribution in [3.05, 3.63) is 0 Å². The lowest BCUT2D eigenvalue weighted by Gasteiger charge is -2.49. The van der Waals surface area contributed by atoms with Crippen LogP contribution in [-0.4, -0.2) is 306 Å². The molecule has 0 aromatic carbocycles. The van der Waals surface area contributed by atoms with Crippen molar-refractivity contribution in [1.29, 1.82) is 0 Å². The Hall–Kier alpha value is -3.00. The van der Waals surface area contributed by atoms with Gasteiger partial charge in [0, 0.05) is 74.7 Å². The van der Waals surface area contributed by atoms with Gasteiger partial charge in [0.1, 0.15) is 47.8 Å². The van der Waals surface area contributed by atoms with Gasteiger partial charge in [-0.15, -0.1) is 0 Å². The summed E-state index contributed by atoms with van der Waals surface area (Å²) >= 11 is 0. The van der Waals surface area contributed by atoms with E-state index in [4.69, 9.17) is 56.8 Å². The molecule has 0 aromatic rings. The molecular weight excluding hydrogens is 1360 g/mol. The van der Waals surface area contributed by atoms with Gasteiger partial charge in [0.15, 0.2) is 25.2 Å². The molecule has 30 heteroatoms. The minimum absolute atomic E-state index is 0.0657. The van der Waals surface area contributed by atoms with Crippen LogP contribution in [0.3, 0.4) is 0 Å². The Morgan fingerprint density at radius 2 is 0.769 bits per heavy atom. The van der Waals surface area contributed by atoms with Crippen molar-refractivity contribution in [1.82, 2.24) is 9.80 Å². The minimum atomic E-state index is -1.97. The van der Waals surface area contributed by atoms with E-state index in [1.807, 2.05) is 51.8 Å². The highest BCUT2D eigenvalue weighted by Gasteiger charge is 2.57. The van der Waals surface area contributed by atoms with Crippen molar-refractivity contribution in [2.24, 2.45) is 57.7 Å². The zero-order valence-corrected chi connectivity index (χ0v) is 66.8. The maximum Gasteiger partial charge on any atom is 0.311 e. The highest BCUT2D eigenvalue weighted by molar-refractivity contribution is 5.89. The number of rotatable bonds is 14. The molecule has 0 unspecified atom stereocenters. The topological polar surface area (TPSA) is 419 Å². The number of hydrogen-bond donors (Lipinski definition) is 12. The van der Waals surface area contributed by atoms with E-state index in [0.717, 1.165) is 0 Å². The number of oxime groups is 2. The van der Waals surface area contributed by atoms with Crippen LogP contribution < -0.4 is 0 Å². The molecule has 6 saturated heterocycles. The van der Waals surface area contributed by atoms with Gasteiger partial charge in [-0.1, -0.05) is 65.7 Å². The molecule has 36 atom stereocenters. The molecule has 30 nitrogen and oxygen atoms in total. The van der Waals surface area contributed by atoms with Crippen molar-refractivity contribution < 1.29 is 128 Å². The normalized spacial score (nSPS) is 49.8. The maximum absolute atomic E-state index is 14.1. The number of methoxy groups -OCH3 is 2. The van der Waals surface area contributed by atoms with Gasteiger partial charge in [0.05, 0.1) is 107 Å². The summed E-state index contributed by atoms with van der Waals surface area (Å²) in [5.74, 6) is -8.48. The molecule has 6 aliphatic heterocycles. The SMILES string of the molecule is CC[C@H]1OC(=O)[C@H](C)[C@@H](O[C@H]2C[C@@](C)(OC)[C@@H](O)[C@H](C)O2)[C@H](C)[C@@H](O[C@@H]2O[C@H](C)C[C@H](N(C)C)[C@H]2O)[C@@](C)(O)C[C@@H](C)/C(=N/O)[C@H](C)[C@@H](O)[C@]1(C)O.CC[C@H]1OC(=O)[C@H](C)[C@@H](O[C@H]2C[C@@](C)(OC)[C@@H](O)[C@H](C)O2)[C@H](C)[C@@H](O[C@@H]2O[C@H](C)C[C@H](N(C)C)[C@H]2O)[C@@](C)(O)C[C@@H](C)/C(=N\O)[C@H](C)[C@@H](O)[C@]1(C)O. The van der Waals surface area contributed by atoms with E-state index in [1.165, 1.54) is 28.1 Å². The average molecular weight is 1500 g/mol. The maximum atomic E-state index is 14.1. The summed E-state index contributed by atoms with van der Waals surface area (Å²) in [5.41, 5.74) is -9.35. The van der Waals surface area contributed by atoms with Gasteiger partial charge in [-0.3, -0.25) is 9.59 Å². The summed E-state index contributed by atoms with van der Waals surface area (Å²) in [4.78, 5) is 32.0. The first-order chi connectivity index (χ1) is 47.9. The van der Waals surface area contributed by atoms with Crippen LogP contribution in [0.5, 0.6) is 0 Å².